The first-order valence-electron chi connectivity index (χ1n) is 8.23. The van der Waals surface area contributed by atoms with Crippen molar-refractivity contribution < 1.29 is 0 Å². The van der Waals surface area contributed by atoms with Crippen LogP contribution < -0.4 is 5.32 Å². The summed E-state index contributed by atoms with van der Waals surface area (Å²) in [5.41, 5.74) is 0.548. The fourth-order valence-electron chi connectivity index (χ4n) is 3.05. The first-order valence-corrected chi connectivity index (χ1v) is 9.21. The average Bonchev–Trinajstić information content (AvgIpc) is 2.46. The number of aliphatic imine (C=N–C) groups is 1. The SMILES string of the molecule is CC(C)N(C)CCCNC1=NCC2(CCCCC2)CS1. The van der Waals surface area contributed by atoms with Crippen molar-refractivity contribution in [1.82, 2.24) is 10.2 Å². The first kappa shape index (κ1) is 16.2. The van der Waals surface area contributed by atoms with E-state index >= 15 is 0 Å². The van der Waals surface area contributed by atoms with Crippen molar-refractivity contribution in [1.29, 1.82) is 0 Å². The van der Waals surface area contributed by atoms with E-state index in [0.29, 0.717) is 11.5 Å². The third-order valence-corrected chi connectivity index (χ3v) is 6.14. The Morgan fingerprint density at radius 1 is 1.30 bits per heavy atom. The standard InChI is InChI=1S/C16H31N3S/c1-14(2)19(3)11-7-10-17-15-18-12-16(13-20-15)8-5-4-6-9-16/h14H,4-13H2,1-3H3,(H,17,18). The van der Waals surface area contributed by atoms with E-state index in [0.717, 1.165) is 19.6 Å². The van der Waals surface area contributed by atoms with E-state index in [4.69, 9.17) is 4.99 Å². The second-order valence-electron chi connectivity index (χ2n) is 6.83. The molecule has 0 amide bonds. The van der Waals surface area contributed by atoms with Crippen LogP contribution in [0.25, 0.3) is 0 Å². The Kier molecular flexibility index (Phi) is 6.21. The lowest BCUT2D eigenvalue weighted by atomic mass is 9.75. The summed E-state index contributed by atoms with van der Waals surface area (Å²) in [6, 6.07) is 0.641. The highest BCUT2D eigenvalue weighted by molar-refractivity contribution is 8.13. The monoisotopic (exact) mass is 297 g/mol. The van der Waals surface area contributed by atoms with Gasteiger partial charge in [0.1, 0.15) is 0 Å². The molecule has 2 aliphatic rings. The predicted molar refractivity (Wildman–Crippen MR) is 90.7 cm³/mol. The van der Waals surface area contributed by atoms with E-state index in [2.05, 4.69) is 31.1 Å². The molecule has 0 aromatic carbocycles. The Bertz CT molecular complexity index is 322. The van der Waals surface area contributed by atoms with Gasteiger partial charge in [0.05, 0.1) is 0 Å². The highest BCUT2D eigenvalue weighted by Crippen LogP contribution is 2.41. The molecule has 0 aromatic heterocycles. The molecular weight excluding hydrogens is 266 g/mol. The van der Waals surface area contributed by atoms with Gasteiger partial charge in [-0.2, -0.15) is 0 Å². The molecular formula is C16H31N3S. The number of thioether (sulfide) groups is 1. The van der Waals surface area contributed by atoms with Crippen LogP contribution in [0.4, 0.5) is 0 Å². The van der Waals surface area contributed by atoms with Crippen molar-refractivity contribution >= 4 is 16.9 Å². The molecule has 1 aliphatic carbocycles. The summed E-state index contributed by atoms with van der Waals surface area (Å²) in [5, 5.41) is 4.71. The lowest BCUT2D eigenvalue weighted by Crippen LogP contribution is -2.37. The lowest BCUT2D eigenvalue weighted by molar-refractivity contribution is 0.232. The van der Waals surface area contributed by atoms with E-state index < -0.39 is 0 Å². The zero-order valence-corrected chi connectivity index (χ0v) is 14.3. The van der Waals surface area contributed by atoms with Crippen LogP contribution in [0.5, 0.6) is 0 Å². The molecule has 1 spiro atoms. The molecule has 1 saturated carbocycles. The van der Waals surface area contributed by atoms with E-state index in [1.807, 2.05) is 11.8 Å². The third kappa shape index (κ3) is 4.66. The van der Waals surface area contributed by atoms with Crippen LogP contribution in [0.15, 0.2) is 4.99 Å². The van der Waals surface area contributed by atoms with Gasteiger partial charge >= 0.3 is 0 Å². The summed E-state index contributed by atoms with van der Waals surface area (Å²) >= 11 is 1.96. The largest absolute Gasteiger partial charge is 0.365 e. The predicted octanol–water partition coefficient (Wildman–Crippen LogP) is 3.36. The number of nitrogens with one attached hydrogen (secondary N) is 1. The highest BCUT2D eigenvalue weighted by Gasteiger charge is 2.34. The van der Waals surface area contributed by atoms with Crippen molar-refractivity contribution in [3.05, 3.63) is 0 Å². The molecule has 0 aromatic rings. The molecule has 2 rings (SSSR count). The first-order chi connectivity index (χ1) is 9.61. The van der Waals surface area contributed by atoms with Crippen molar-refractivity contribution in [3.63, 3.8) is 0 Å². The maximum Gasteiger partial charge on any atom is 0.156 e. The van der Waals surface area contributed by atoms with E-state index in [1.54, 1.807) is 0 Å². The Morgan fingerprint density at radius 3 is 2.65 bits per heavy atom. The minimum absolute atomic E-state index is 0.548. The molecule has 3 nitrogen and oxygen atoms in total. The van der Waals surface area contributed by atoms with Gasteiger partial charge in [-0.25, -0.2) is 0 Å². The van der Waals surface area contributed by atoms with Crippen LogP contribution in [0, 0.1) is 5.41 Å². The van der Waals surface area contributed by atoms with Gasteiger partial charge in [0.2, 0.25) is 0 Å². The van der Waals surface area contributed by atoms with Crippen LogP contribution in [-0.2, 0) is 0 Å². The fourth-order valence-corrected chi connectivity index (χ4v) is 4.23. The molecule has 1 N–H and O–H groups in total. The van der Waals surface area contributed by atoms with Crippen LogP contribution >= 0.6 is 11.8 Å². The lowest BCUT2D eigenvalue weighted by Gasteiger charge is -2.38. The zero-order valence-electron chi connectivity index (χ0n) is 13.5. The molecule has 0 saturated heterocycles. The van der Waals surface area contributed by atoms with Crippen molar-refractivity contribution in [3.8, 4) is 0 Å². The summed E-state index contributed by atoms with van der Waals surface area (Å²) in [4.78, 5) is 7.21. The number of amidine groups is 1. The Labute approximate surface area is 129 Å². The van der Waals surface area contributed by atoms with E-state index in [9.17, 15) is 0 Å². The Hall–Kier alpha value is -0.220. The molecule has 20 heavy (non-hydrogen) atoms. The maximum absolute atomic E-state index is 4.81. The van der Waals surface area contributed by atoms with Gasteiger partial charge < -0.3 is 10.2 Å². The normalized spacial score (nSPS) is 22.4. The van der Waals surface area contributed by atoms with Crippen LogP contribution in [0.1, 0.15) is 52.4 Å². The Balaban J connectivity index is 1.65. The van der Waals surface area contributed by atoms with Crippen molar-refractivity contribution in [2.45, 2.75) is 58.4 Å². The molecule has 0 atom stereocenters. The highest BCUT2D eigenvalue weighted by atomic mass is 32.2. The second kappa shape index (κ2) is 7.69. The van der Waals surface area contributed by atoms with Gasteiger partial charge in [-0.1, -0.05) is 31.0 Å². The molecule has 0 bridgehead atoms. The quantitative estimate of drug-likeness (QED) is 0.789. The topological polar surface area (TPSA) is 27.6 Å². The number of hydrogen-bond acceptors (Lipinski definition) is 4. The maximum atomic E-state index is 4.81. The van der Waals surface area contributed by atoms with Crippen LogP contribution in [0.3, 0.4) is 0 Å². The minimum Gasteiger partial charge on any atom is -0.365 e. The summed E-state index contributed by atoms with van der Waals surface area (Å²) < 4.78 is 0. The van der Waals surface area contributed by atoms with Gasteiger partial charge in [0.25, 0.3) is 0 Å². The zero-order chi connectivity index (χ0) is 14.4. The molecule has 116 valence electrons. The molecule has 1 heterocycles. The minimum atomic E-state index is 0.548. The summed E-state index contributed by atoms with van der Waals surface area (Å²) in [7, 11) is 2.20. The number of hydrogen-bond donors (Lipinski definition) is 1. The fraction of sp³-hybridized carbons (Fsp3) is 0.938. The van der Waals surface area contributed by atoms with Crippen LogP contribution in [0.2, 0.25) is 0 Å². The summed E-state index contributed by atoms with van der Waals surface area (Å²) in [6.45, 7) is 7.77. The molecule has 0 radical (unpaired) electrons. The third-order valence-electron chi connectivity index (χ3n) is 4.83. The summed E-state index contributed by atoms with van der Waals surface area (Å²) in [6.07, 6.45) is 8.26. The van der Waals surface area contributed by atoms with Crippen LogP contribution in [-0.4, -0.2) is 48.5 Å². The average molecular weight is 298 g/mol. The number of rotatable bonds is 5. The summed E-state index contributed by atoms with van der Waals surface area (Å²) in [5.74, 6) is 1.28. The second-order valence-corrected chi connectivity index (χ2v) is 7.79. The molecule has 1 fully saturated rings. The molecule has 0 unspecified atom stereocenters. The van der Waals surface area contributed by atoms with Crippen molar-refractivity contribution in [2.75, 3.05) is 32.4 Å². The van der Waals surface area contributed by atoms with E-state index in [1.165, 1.54) is 49.4 Å². The van der Waals surface area contributed by atoms with Gasteiger partial charge in [0, 0.05) is 24.9 Å². The van der Waals surface area contributed by atoms with Gasteiger partial charge in [-0.05, 0) is 52.1 Å². The molecule has 1 aliphatic heterocycles. The van der Waals surface area contributed by atoms with Gasteiger partial charge in [-0.3, -0.25) is 4.99 Å². The molecule has 4 heteroatoms. The van der Waals surface area contributed by atoms with E-state index in [-0.39, 0.29) is 0 Å². The smallest absolute Gasteiger partial charge is 0.156 e. The Morgan fingerprint density at radius 2 is 2.05 bits per heavy atom. The van der Waals surface area contributed by atoms with Gasteiger partial charge in [-0.15, -0.1) is 0 Å². The number of nitrogens with zero attached hydrogens (tertiary/aromatic N) is 2. The van der Waals surface area contributed by atoms with Crippen molar-refractivity contribution in [2.24, 2.45) is 10.4 Å². The van der Waals surface area contributed by atoms with Gasteiger partial charge in [0.15, 0.2) is 5.17 Å².